The van der Waals surface area contributed by atoms with Gasteiger partial charge in [0.05, 0.1) is 50.0 Å². The van der Waals surface area contributed by atoms with E-state index in [0.29, 0.717) is 37.0 Å². The third-order valence-electron chi connectivity index (χ3n) is 8.54. The van der Waals surface area contributed by atoms with E-state index >= 15 is 0 Å². The van der Waals surface area contributed by atoms with E-state index in [9.17, 15) is 4.79 Å². The Morgan fingerprint density at radius 3 is 2.76 bits per heavy atom. The van der Waals surface area contributed by atoms with Crippen molar-refractivity contribution in [2.24, 2.45) is 0 Å². The number of hydrogen-bond donors (Lipinski definition) is 0. The minimum atomic E-state index is -0.433. The lowest BCUT2D eigenvalue weighted by molar-refractivity contribution is -0.0374. The van der Waals surface area contributed by atoms with Gasteiger partial charge < -0.3 is 24.0 Å². The van der Waals surface area contributed by atoms with Crippen LogP contribution in [-0.4, -0.2) is 87.3 Å². The first-order chi connectivity index (χ1) is 20.4. The van der Waals surface area contributed by atoms with Crippen molar-refractivity contribution in [3.63, 3.8) is 0 Å². The molecule has 2 saturated heterocycles. The van der Waals surface area contributed by atoms with Crippen LogP contribution in [0, 0.1) is 0 Å². The summed E-state index contributed by atoms with van der Waals surface area (Å²) in [5, 5.41) is 13.7. The Kier molecular flexibility index (Phi) is 7.03. The number of morpholine rings is 1. The first kappa shape index (κ1) is 27.2. The van der Waals surface area contributed by atoms with Crippen LogP contribution in [-0.2, 0) is 17.9 Å². The minimum Gasteiger partial charge on any atom is -0.496 e. The molecule has 7 rings (SSSR count). The Labute approximate surface area is 249 Å². The molecule has 11 heteroatoms. The number of methoxy groups -OCH3 is 1. The molecule has 0 spiro atoms. The summed E-state index contributed by atoms with van der Waals surface area (Å²) in [6.07, 6.45) is 6.53. The van der Waals surface area contributed by atoms with Crippen LogP contribution < -0.4 is 9.47 Å². The lowest BCUT2D eigenvalue weighted by Gasteiger charge is -2.41. The Bertz CT molecular complexity index is 1600. The predicted octanol–water partition coefficient (Wildman–Crippen LogP) is 4.71. The Morgan fingerprint density at radius 1 is 1.14 bits per heavy atom. The van der Waals surface area contributed by atoms with Crippen LogP contribution in [0.15, 0.2) is 41.4 Å². The van der Waals surface area contributed by atoms with Crippen LogP contribution in [0.5, 0.6) is 11.5 Å². The molecule has 42 heavy (non-hydrogen) atoms. The Morgan fingerprint density at radius 2 is 2.00 bits per heavy atom. The molecule has 220 valence electrons. The summed E-state index contributed by atoms with van der Waals surface area (Å²) in [4.78, 5) is 18.4. The van der Waals surface area contributed by atoms with Gasteiger partial charge in [0.25, 0.3) is 5.91 Å². The number of aromatic nitrogens is 4. The maximum absolute atomic E-state index is 14.0. The van der Waals surface area contributed by atoms with Crippen molar-refractivity contribution in [3.05, 3.63) is 52.6 Å². The van der Waals surface area contributed by atoms with E-state index in [-0.39, 0.29) is 12.5 Å². The summed E-state index contributed by atoms with van der Waals surface area (Å²) in [6.45, 7) is 9.99. The Hall–Kier alpha value is -3.67. The van der Waals surface area contributed by atoms with Crippen molar-refractivity contribution in [1.82, 2.24) is 29.4 Å². The predicted molar refractivity (Wildman–Crippen MR) is 161 cm³/mol. The number of amides is 1. The minimum absolute atomic E-state index is 0.103. The lowest BCUT2D eigenvalue weighted by Crippen LogP contribution is -2.55. The number of carbonyl (C=O) groups excluding carboxylic acids is 1. The zero-order chi connectivity index (χ0) is 28.8. The quantitative estimate of drug-likeness (QED) is 0.309. The van der Waals surface area contributed by atoms with E-state index in [1.165, 1.54) is 25.9 Å². The first-order valence-electron chi connectivity index (χ1n) is 14.6. The van der Waals surface area contributed by atoms with Gasteiger partial charge in [-0.05, 0) is 57.3 Å². The molecule has 0 unspecified atom stereocenters. The summed E-state index contributed by atoms with van der Waals surface area (Å²) in [6, 6.07) is 6.05. The highest BCUT2D eigenvalue weighted by Gasteiger charge is 2.39. The first-order valence-corrected chi connectivity index (χ1v) is 15.5. The average Bonchev–Trinajstić information content (AvgIpc) is 3.81. The van der Waals surface area contributed by atoms with Crippen molar-refractivity contribution < 1.29 is 19.0 Å². The SMILES string of the molecule is COc1cc2c(cc1-c1cnn(CCN3CCCC3)c1)-c1c(c(C(=O)N3CCOCC3(C)C)nn1-c1ccsc1)CO2. The molecule has 1 amide bonds. The van der Waals surface area contributed by atoms with Crippen molar-refractivity contribution in [3.8, 4) is 39.6 Å². The molecule has 3 aliphatic rings. The van der Waals surface area contributed by atoms with E-state index in [0.717, 1.165) is 46.7 Å². The van der Waals surface area contributed by atoms with Crippen molar-refractivity contribution >= 4 is 17.2 Å². The van der Waals surface area contributed by atoms with Gasteiger partial charge in [-0.15, -0.1) is 0 Å². The van der Waals surface area contributed by atoms with E-state index < -0.39 is 5.54 Å². The monoisotopic (exact) mass is 588 g/mol. The molecule has 0 atom stereocenters. The zero-order valence-corrected chi connectivity index (χ0v) is 25.2. The average molecular weight is 589 g/mol. The molecule has 4 aromatic rings. The van der Waals surface area contributed by atoms with Crippen LogP contribution >= 0.6 is 11.3 Å². The highest BCUT2D eigenvalue weighted by Crippen LogP contribution is 2.46. The molecular weight excluding hydrogens is 552 g/mol. The van der Waals surface area contributed by atoms with Crippen molar-refractivity contribution in [2.45, 2.75) is 45.4 Å². The normalized spacial score (nSPS) is 18.0. The van der Waals surface area contributed by atoms with Crippen LogP contribution in [0.25, 0.3) is 28.1 Å². The molecule has 0 bridgehead atoms. The van der Waals surface area contributed by atoms with E-state index in [2.05, 4.69) is 22.3 Å². The fraction of sp³-hybridized carbons (Fsp3) is 0.452. The highest BCUT2D eigenvalue weighted by molar-refractivity contribution is 7.08. The standard InChI is InChI=1S/C31H36N6O4S/c1-31(2)20-40-12-11-36(31)30(38)28-25-18-41-27-15-26(39-3)23(14-24(27)29(25)37(33-28)22-6-13-42-19-22)21-16-32-35(17-21)10-9-34-7-4-5-8-34/h6,13-17,19H,4-5,7-12,18,20H2,1-3H3. The van der Waals surface area contributed by atoms with E-state index in [1.807, 2.05) is 57.2 Å². The van der Waals surface area contributed by atoms with Gasteiger partial charge in [0.1, 0.15) is 18.1 Å². The van der Waals surface area contributed by atoms with Crippen molar-refractivity contribution in [2.75, 3.05) is 46.5 Å². The maximum atomic E-state index is 14.0. The van der Waals surface area contributed by atoms with Gasteiger partial charge in [0, 0.05) is 53.0 Å². The maximum Gasteiger partial charge on any atom is 0.275 e. The number of nitrogens with zero attached hydrogens (tertiary/aromatic N) is 6. The zero-order valence-electron chi connectivity index (χ0n) is 24.3. The van der Waals surface area contributed by atoms with Crippen LogP contribution in [0.2, 0.25) is 0 Å². The van der Waals surface area contributed by atoms with Crippen molar-refractivity contribution in [1.29, 1.82) is 0 Å². The second-order valence-electron chi connectivity index (χ2n) is 11.8. The third kappa shape index (κ3) is 4.79. The van der Waals surface area contributed by atoms with Gasteiger partial charge in [-0.25, -0.2) is 4.68 Å². The second kappa shape index (κ2) is 10.9. The number of fused-ring (bicyclic) bond motifs is 3. The number of benzene rings is 1. The van der Waals surface area contributed by atoms with Gasteiger partial charge >= 0.3 is 0 Å². The molecule has 0 aliphatic carbocycles. The highest BCUT2D eigenvalue weighted by atomic mass is 32.1. The molecule has 3 aliphatic heterocycles. The van der Waals surface area contributed by atoms with Gasteiger partial charge in [0.15, 0.2) is 5.69 Å². The molecule has 10 nitrogen and oxygen atoms in total. The molecule has 0 saturated carbocycles. The van der Waals surface area contributed by atoms with Gasteiger partial charge in [-0.2, -0.15) is 21.5 Å². The topological polar surface area (TPSA) is 86.9 Å². The molecule has 0 radical (unpaired) electrons. The summed E-state index contributed by atoms with van der Waals surface area (Å²) in [7, 11) is 1.67. The van der Waals surface area contributed by atoms with Gasteiger partial charge in [-0.3, -0.25) is 9.48 Å². The third-order valence-corrected chi connectivity index (χ3v) is 9.22. The van der Waals surface area contributed by atoms with Crippen LogP contribution in [0.3, 0.4) is 0 Å². The van der Waals surface area contributed by atoms with E-state index in [1.54, 1.807) is 18.4 Å². The Balaban J connectivity index is 1.30. The fourth-order valence-electron chi connectivity index (χ4n) is 6.25. The number of thiophene rings is 1. The number of carbonyl (C=O) groups is 1. The molecule has 6 heterocycles. The van der Waals surface area contributed by atoms with Gasteiger partial charge in [0.2, 0.25) is 0 Å². The smallest absolute Gasteiger partial charge is 0.275 e. The lowest BCUT2D eigenvalue weighted by atomic mass is 9.96. The van der Waals surface area contributed by atoms with Crippen LogP contribution in [0.1, 0.15) is 42.7 Å². The number of likely N-dealkylation sites (tertiary alicyclic amines) is 1. The largest absolute Gasteiger partial charge is 0.496 e. The van der Waals surface area contributed by atoms with Gasteiger partial charge in [-0.1, -0.05) is 0 Å². The second-order valence-corrected chi connectivity index (χ2v) is 12.5. The molecule has 2 fully saturated rings. The summed E-state index contributed by atoms with van der Waals surface area (Å²) in [5.74, 6) is 1.31. The molecule has 3 aromatic heterocycles. The summed E-state index contributed by atoms with van der Waals surface area (Å²) in [5.41, 5.74) is 5.32. The molecule has 0 N–H and O–H groups in total. The number of hydrogen-bond acceptors (Lipinski definition) is 8. The van der Waals surface area contributed by atoms with Crippen LogP contribution in [0.4, 0.5) is 0 Å². The summed E-state index contributed by atoms with van der Waals surface area (Å²) >= 11 is 1.60. The number of ether oxygens (including phenoxy) is 3. The fourth-order valence-corrected chi connectivity index (χ4v) is 6.86. The van der Waals surface area contributed by atoms with E-state index in [4.69, 9.17) is 19.3 Å². The molecule has 1 aromatic carbocycles. The molecular formula is C31H36N6O4S. The summed E-state index contributed by atoms with van der Waals surface area (Å²) < 4.78 is 21.7. The number of rotatable bonds is 7.